The molecular formula is C14H20N2O2S. The summed E-state index contributed by atoms with van der Waals surface area (Å²) in [5.74, 6) is -0.824. The van der Waals surface area contributed by atoms with Crippen LogP contribution in [0.5, 0.6) is 0 Å². The Morgan fingerprint density at radius 1 is 1.37 bits per heavy atom. The topological polar surface area (TPSA) is 52.6 Å². The summed E-state index contributed by atoms with van der Waals surface area (Å²) in [5.41, 5.74) is 0. The highest BCUT2D eigenvalue weighted by atomic mass is 32.1. The SMILES string of the molecule is O=C(O)c1ccc(CNC2CCN3CCCCC23)s1. The van der Waals surface area contributed by atoms with Gasteiger partial charge in [0.1, 0.15) is 4.88 Å². The van der Waals surface area contributed by atoms with E-state index in [1.807, 2.05) is 6.07 Å². The van der Waals surface area contributed by atoms with Crippen LogP contribution in [0.3, 0.4) is 0 Å². The molecule has 0 radical (unpaired) electrons. The number of piperidine rings is 1. The standard InChI is InChI=1S/C14H20N2O2S/c17-14(18)13-5-4-10(19-13)9-15-11-6-8-16-7-2-1-3-12(11)16/h4-5,11-12,15H,1-3,6-9H2,(H,17,18). The Hall–Kier alpha value is -0.910. The third-order valence-corrected chi connectivity index (χ3v) is 5.34. The van der Waals surface area contributed by atoms with Gasteiger partial charge in [0.05, 0.1) is 0 Å². The number of nitrogens with zero attached hydrogens (tertiary/aromatic N) is 1. The highest BCUT2D eigenvalue weighted by Gasteiger charge is 2.34. The summed E-state index contributed by atoms with van der Waals surface area (Å²) < 4.78 is 0. The van der Waals surface area contributed by atoms with Crippen LogP contribution in [0.25, 0.3) is 0 Å². The second-order valence-electron chi connectivity index (χ2n) is 5.45. The number of aromatic carboxylic acids is 1. The van der Waals surface area contributed by atoms with E-state index in [-0.39, 0.29) is 0 Å². The van der Waals surface area contributed by atoms with Gasteiger partial charge in [-0.05, 0) is 37.9 Å². The summed E-state index contributed by atoms with van der Waals surface area (Å²) in [7, 11) is 0. The van der Waals surface area contributed by atoms with E-state index in [0.717, 1.165) is 11.4 Å². The summed E-state index contributed by atoms with van der Waals surface area (Å²) in [6.07, 6.45) is 5.22. The lowest BCUT2D eigenvalue weighted by Gasteiger charge is -2.32. The van der Waals surface area contributed by atoms with Crippen molar-refractivity contribution in [2.45, 2.75) is 44.3 Å². The van der Waals surface area contributed by atoms with Gasteiger partial charge in [-0.2, -0.15) is 0 Å². The Morgan fingerprint density at radius 3 is 3.05 bits per heavy atom. The average Bonchev–Trinajstić information content (AvgIpc) is 3.03. The van der Waals surface area contributed by atoms with Gasteiger partial charge in [-0.3, -0.25) is 4.90 Å². The van der Waals surface area contributed by atoms with Crippen LogP contribution in [0.1, 0.15) is 40.2 Å². The molecule has 0 amide bonds. The van der Waals surface area contributed by atoms with E-state index < -0.39 is 5.97 Å². The maximum atomic E-state index is 10.8. The third kappa shape index (κ3) is 2.83. The van der Waals surface area contributed by atoms with Crippen molar-refractivity contribution >= 4 is 17.3 Å². The molecule has 2 N–H and O–H groups in total. The van der Waals surface area contributed by atoms with Gasteiger partial charge in [0.15, 0.2) is 0 Å². The first-order valence-corrected chi connectivity index (χ1v) is 7.85. The monoisotopic (exact) mass is 280 g/mol. The number of carbonyl (C=O) groups is 1. The molecule has 4 nitrogen and oxygen atoms in total. The van der Waals surface area contributed by atoms with Crippen LogP contribution >= 0.6 is 11.3 Å². The molecule has 2 fully saturated rings. The normalized spacial score (nSPS) is 27.4. The van der Waals surface area contributed by atoms with Gasteiger partial charge < -0.3 is 10.4 Å². The average molecular weight is 280 g/mol. The number of thiophene rings is 1. The lowest BCUT2D eigenvalue weighted by molar-refractivity contribution is 0.0702. The predicted octanol–water partition coefficient (Wildman–Crippen LogP) is 2.16. The zero-order chi connectivity index (χ0) is 13.2. The molecule has 2 aliphatic rings. The van der Waals surface area contributed by atoms with E-state index in [4.69, 9.17) is 5.11 Å². The van der Waals surface area contributed by atoms with Gasteiger partial charge in [0.25, 0.3) is 0 Å². The van der Waals surface area contributed by atoms with Crippen molar-refractivity contribution in [2.75, 3.05) is 13.1 Å². The molecule has 104 valence electrons. The van der Waals surface area contributed by atoms with Gasteiger partial charge >= 0.3 is 5.97 Å². The highest BCUT2D eigenvalue weighted by molar-refractivity contribution is 7.13. The van der Waals surface area contributed by atoms with Crippen molar-refractivity contribution in [1.29, 1.82) is 0 Å². The number of carboxylic acids is 1. The number of hydrogen-bond acceptors (Lipinski definition) is 4. The third-order valence-electron chi connectivity index (χ3n) is 4.27. The molecule has 0 aliphatic carbocycles. The first-order valence-electron chi connectivity index (χ1n) is 7.03. The number of carboxylic acid groups (broad SMARTS) is 1. The molecule has 1 aromatic heterocycles. The van der Waals surface area contributed by atoms with E-state index >= 15 is 0 Å². The largest absolute Gasteiger partial charge is 0.477 e. The highest BCUT2D eigenvalue weighted by Crippen LogP contribution is 2.27. The van der Waals surface area contributed by atoms with Gasteiger partial charge in [0.2, 0.25) is 0 Å². The molecule has 0 saturated carbocycles. The quantitative estimate of drug-likeness (QED) is 0.887. The van der Waals surface area contributed by atoms with E-state index in [9.17, 15) is 4.79 Å². The van der Waals surface area contributed by atoms with Crippen molar-refractivity contribution in [3.8, 4) is 0 Å². The fraction of sp³-hybridized carbons (Fsp3) is 0.643. The Morgan fingerprint density at radius 2 is 2.26 bits per heavy atom. The molecule has 0 aromatic carbocycles. The van der Waals surface area contributed by atoms with E-state index in [1.54, 1.807) is 6.07 Å². The minimum absolute atomic E-state index is 0.433. The molecule has 2 unspecified atom stereocenters. The van der Waals surface area contributed by atoms with Crippen molar-refractivity contribution in [3.63, 3.8) is 0 Å². The predicted molar refractivity (Wildman–Crippen MR) is 75.7 cm³/mol. The molecule has 2 aliphatic heterocycles. The maximum Gasteiger partial charge on any atom is 0.345 e. The van der Waals surface area contributed by atoms with Crippen LogP contribution < -0.4 is 5.32 Å². The summed E-state index contributed by atoms with van der Waals surface area (Å²) in [4.78, 5) is 15.0. The van der Waals surface area contributed by atoms with Crippen molar-refractivity contribution < 1.29 is 9.90 Å². The number of nitrogens with one attached hydrogen (secondary N) is 1. The molecule has 5 heteroatoms. The Balaban J connectivity index is 1.55. The summed E-state index contributed by atoms with van der Waals surface area (Å²) >= 11 is 1.38. The van der Waals surface area contributed by atoms with Gasteiger partial charge in [0, 0.05) is 30.1 Å². The molecule has 0 bridgehead atoms. The summed E-state index contributed by atoms with van der Waals surface area (Å²) in [6.45, 7) is 3.27. The second kappa shape index (κ2) is 5.61. The van der Waals surface area contributed by atoms with Crippen LogP contribution in [0, 0.1) is 0 Å². The first kappa shape index (κ1) is 13.1. The van der Waals surface area contributed by atoms with Gasteiger partial charge in [-0.15, -0.1) is 11.3 Å². The molecular weight excluding hydrogens is 260 g/mol. The number of fused-ring (bicyclic) bond motifs is 1. The molecule has 1 aromatic rings. The first-order chi connectivity index (χ1) is 9.24. The molecule has 2 saturated heterocycles. The fourth-order valence-corrected chi connectivity index (χ4v) is 4.10. The summed E-state index contributed by atoms with van der Waals surface area (Å²) in [6, 6.07) is 4.91. The Labute approximate surface area is 117 Å². The van der Waals surface area contributed by atoms with Crippen molar-refractivity contribution in [2.24, 2.45) is 0 Å². The lowest BCUT2D eigenvalue weighted by Crippen LogP contribution is -2.44. The zero-order valence-corrected chi connectivity index (χ0v) is 11.8. The van der Waals surface area contributed by atoms with Crippen molar-refractivity contribution in [3.05, 3.63) is 21.9 Å². The molecule has 0 spiro atoms. The summed E-state index contributed by atoms with van der Waals surface area (Å²) in [5, 5.41) is 12.5. The molecule has 3 heterocycles. The van der Waals surface area contributed by atoms with Crippen LogP contribution in [0.4, 0.5) is 0 Å². The minimum atomic E-state index is -0.824. The van der Waals surface area contributed by atoms with Crippen molar-refractivity contribution in [1.82, 2.24) is 10.2 Å². The Bertz CT molecular complexity index is 460. The van der Waals surface area contributed by atoms with Gasteiger partial charge in [-0.25, -0.2) is 4.79 Å². The van der Waals surface area contributed by atoms with E-state index in [2.05, 4.69) is 10.2 Å². The minimum Gasteiger partial charge on any atom is -0.477 e. The van der Waals surface area contributed by atoms with E-state index in [1.165, 1.54) is 50.1 Å². The van der Waals surface area contributed by atoms with Crippen LogP contribution in [0.15, 0.2) is 12.1 Å². The number of hydrogen-bond donors (Lipinski definition) is 2. The fourth-order valence-electron chi connectivity index (χ4n) is 3.31. The van der Waals surface area contributed by atoms with Crippen LogP contribution in [0.2, 0.25) is 0 Å². The lowest BCUT2D eigenvalue weighted by atomic mass is 9.99. The number of rotatable bonds is 4. The van der Waals surface area contributed by atoms with Crippen LogP contribution in [-0.4, -0.2) is 41.1 Å². The maximum absolute atomic E-state index is 10.8. The van der Waals surface area contributed by atoms with Gasteiger partial charge in [-0.1, -0.05) is 6.42 Å². The smallest absolute Gasteiger partial charge is 0.345 e. The molecule has 2 atom stereocenters. The van der Waals surface area contributed by atoms with E-state index in [0.29, 0.717) is 17.0 Å². The molecule has 19 heavy (non-hydrogen) atoms. The Kier molecular flexibility index (Phi) is 3.86. The van der Waals surface area contributed by atoms with Crippen LogP contribution in [-0.2, 0) is 6.54 Å². The molecule has 3 rings (SSSR count). The zero-order valence-electron chi connectivity index (χ0n) is 11.0. The second-order valence-corrected chi connectivity index (χ2v) is 6.61.